The van der Waals surface area contributed by atoms with Crippen LogP contribution in [-0.2, 0) is 0 Å². The average Bonchev–Trinajstić information content (AvgIpc) is 3.62. The molecule has 0 aliphatic rings. The summed E-state index contributed by atoms with van der Waals surface area (Å²) in [5, 5.41) is 21.3. The molecule has 0 bridgehead atoms. The zero-order valence-electron chi connectivity index (χ0n) is 20.2. The molecule has 5 heterocycles. The predicted molar refractivity (Wildman–Crippen MR) is 139 cm³/mol. The Balaban J connectivity index is 1.41. The Kier molecular flexibility index (Phi) is 5.65. The third-order valence-corrected chi connectivity index (χ3v) is 6.18. The predicted octanol–water partition coefficient (Wildman–Crippen LogP) is 5.74. The van der Waals surface area contributed by atoms with Gasteiger partial charge in [-0.25, -0.2) is 14.4 Å². The Bertz CT molecular complexity index is 1710. The lowest BCUT2D eigenvalue weighted by atomic mass is 10.0. The van der Waals surface area contributed by atoms with Gasteiger partial charge >= 0.3 is 0 Å². The summed E-state index contributed by atoms with van der Waals surface area (Å²) in [7, 11) is 0. The number of H-pyrrole nitrogens is 2. The standard InChI is InChI=1S/C27H24FN7O2/c1-14(2)7-23(36)31-17-8-16(11-29-12-17)19-9-20-22(10-21(19)28)34-35-25(20)27-32-24-18(15-4-6-37-13-15)3-5-30-26(24)33-27/h3-6,8-14,23,31,36H,7H2,1-2H3,(H,34,35)(H,30,32,33). The molecule has 0 radical (unpaired) electrons. The van der Waals surface area contributed by atoms with E-state index in [0.29, 0.717) is 57.2 Å². The van der Waals surface area contributed by atoms with Gasteiger partial charge in [0.2, 0.25) is 0 Å². The molecule has 1 aromatic carbocycles. The molecule has 0 saturated carbocycles. The van der Waals surface area contributed by atoms with Gasteiger partial charge in [-0.05, 0) is 36.6 Å². The summed E-state index contributed by atoms with van der Waals surface area (Å²) in [6.07, 6.45) is 8.01. The van der Waals surface area contributed by atoms with Crippen LogP contribution in [0.25, 0.3) is 55.8 Å². The first kappa shape index (κ1) is 22.9. The number of fused-ring (bicyclic) bond motifs is 2. The Morgan fingerprint density at radius 1 is 1.11 bits per heavy atom. The number of aliphatic hydroxyl groups excluding tert-OH is 1. The maximum absolute atomic E-state index is 15.2. The second-order valence-electron chi connectivity index (χ2n) is 9.36. The lowest BCUT2D eigenvalue weighted by Crippen LogP contribution is -2.20. The molecule has 37 heavy (non-hydrogen) atoms. The van der Waals surface area contributed by atoms with Crippen molar-refractivity contribution in [1.29, 1.82) is 0 Å². The van der Waals surface area contributed by atoms with Gasteiger partial charge in [0.15, 0.2) is 11.5 Å². The molecule has 6 rings (SSSR count). The number of halogens is 1. The van der Waals surface area contributed by atoms with Gasteiger partial charge in [0.05, 0.1) is 35.4 Å². The maximum atomic E-state index is 15.2. The minimum atomic E-state index is -0.724. The number of aromatic nitrogens is 6. The Morgan fingerprint density at radius 3 is 2.81 bits per heavy atom. The molecule has 0 spiro atoms. The zero-order valence-corrected chi connectivity index (χ0v) is 20.2. The van der Waals surface area contributed by atoms with Gasteiger partial charge in [0.1, 0.15) is 17.7 Å². The fraction of sp³-hybridized carbons (Fsp3) is 0.185. The van der Waals surface area contributed by atoms with Crippen molar-refractivity contribution in [3.8, 4) is 33.8 Å². The molecule has 1 atom stereocenters. The summed E-state index contributed by atoms with van der Waals surface area (Å²) in [6, 6.07) is 8.66. The quantitative estimate of drug-likeness (QED) is 0.207. The highest BCUT2D eigenvalue weighted by atomic mass is 19.1. The van der Waals surface area contributed by atoms with Gasteiger partial charge in [-0.15, -0.1) is 0 Å². The van der Waals surface area contributed by atoms with Crippen LogP contribution in [0.3, 0.4) is 0 Å². The van der Waals surface area contributed by atoms with Crippen LogP contribution in [0.5, 0.6) is 0 Å². The fourth-order valence-electron chi connectivity index (χ4n) is 4.49. The van der Waals surface area contributed by atoms with Crippen molar-refractivity contribution in [2.45, 2.75) is 26.5 Å². The molecule has 186 valence electrons. The summed E-state index contributed by atoms with van der Waals surface area (Å²) in [5.41, 5.74) is 5.71. The second kappa shape index (κ2) is 9.14. The Morgan fingerprint density at radius 2 is 2.00 bits per heavy atom. The molecule has 0 aliphatic carbocycles. The number of nitrogens with one attached hydrogen (secondary N) is 3. The second-order valence-corrected chi connectivity index (χ2v) is 9.36. The first-order valence-corrected chi connectivity index (χ1v) is 11.9. The first-order chi connectivity index (χ1) is 18.0. The topological polar surface area (TPSA) is 129 Å². The van der Waals surface area contributed by atoms with Gasteiger partial charge in [0, 0.05) is 46.1 Å². The first-order valence-electron chi connectivity index (χ1n) is 11.9. The monoisotopic (exact) mass is 497 g/mol. The lowest BCUT2D eigenvalue weighted by molar-refractivity contribution is 0.176. The number of rotatable bonds is 7. The van der Waals surface area contributed by atoms with E-state index in [9.17, 15) is 5.11 Å². The molecule has 1 unspecified atom stereocenters. The van der Waals surface area contributed by atoms with E-state index in [2.05, 4.69) is 35.5 Å². The van der Waals surface area contributed by atoms with Crippen LogP contribution in [0.1, 0.15) is 20.3 Å². The number of anilines is 1. The molecule has 4 N–H and O–H groups in total. The number of nitrogens with zero attached hydrogens (tertiary/aromatic N) is 4. The number of imidazole rings is 1. The number of aliphatic hydroxyl groups is 1. The Labute approximate surface area is 210 Å². The van der Waals surface area contributed by atoms with Gasteiger partial charge < -0.3 is 19.8 Å². The maximum Gasteiger partial charge on any atom is 0.178 e. The van der Waals surface area contributed by atoms with Crippen LogP contribution >= 0.6 is 0 Å². The normalized spacial score (nSPS) is 12.6. The van der Waals surface area contributed by atoms with Crippen LogP contribution < -0.4 is 5.32 Å². The molecular formula is C27H24FN7O2. The minimum Gasteiger partial charge on any atom is -0.472 e. The van der Waals surface area contributed by atoms with E-state index in [4.69, 9.17) is 4.42 Å². The van der Waals surface area contributed by atoms with Crippen LogP contribution in [-0.4, -0.2) is 41.5 Å². The lowest BCUT2D eigenvalue weighted by Gasteiger charge is -2.16. The van der Waals surface area contributed by atoms with Gasteiger partial charge in [-0.1, -0.05) is 13.8 Å². The molecule has 0 aliphatic heterocycles. The van der Waals surface area contributed by atoms with Crippen molar-refractivity contribution in [2.24, 2.45) is 5.92 Å². The molecule has 0 saturated heterocycles. The number of hydrogen-bond donors (Lipinski definition) is 4. The molecular weight excluding hydrogens is 473 g/mol. The number of pyridine rings is 2. The van der Waals surface area contributed by atoms with Crippen LogP contribution in [0, 0.1) is 11.7 Å². The summed E-state index contributed by atoms with van der Waals surface area (Å²) >= 11 is 0. The SMILES string of the molecule is CC(C)CC(O)Nc1cncc(-c2cc3c(-c4nc5nccc(-c6ccoc6)c5[nH]4)n[nH]c3cc2F)c1. The summed E-state index contributed by atoms with van der Waals surface area (Å²) < 4.78 is 20.4. The molecule has 5 aromatic heterocycles. The molecule has 6 aromatic rings. The molecule has 0 amide bonds. The van der Waals surface area contributed by atoms with E-state index < -0.39 is 12.0 Å². The third kappa shape index (κ3) is 4.31. The summed E-state index contributed by atoms with van der Waals surface area (Å²) in [6.45, 7) is 4.06. The minimum absolute atomic E-state index is 0.322. The van der Waals surface area contributed by atoms with E-state index >= 15 is 4.39 Å². The highest BCUT2D eigenvalue weighted by molar-refractivity contribution is 5.97. The number of hydrogen-bond acceptors (Lipinski definition) is 7. The van der Waals surface area contributed by atoms with Gasteiger partial charge in [0.25, 0.3) is 0 Å². The molecule has 0 fully saturated rings. The fourth-order valence-corrected chi connectivity index (χ4v) is 4.49. The smallest absolute Gasteiger partial charge is 0.178 e. The van der Waals surface area contributed by atoms with Crippen LogP contribution in [0.2, 0.25) is 0 Å². The van der Waals surface area contributed by atoms with E-state index in [-0.39, 0.29) is 0 Å². The zero-order chi connectivity index (χ0) is 25.5. The van der Waals surface area contributed by atoms with Crippen molar-refractivity contribution >= 4 is 27.8 Å². The van der Waals surface area contributed by atoms with Crippen molar-refractivity contribution < 1.29 is 13.9 Å². The average molecular weight is 498 g/mol. The van der Waals surface area contributed by atoms with Crippen LogP contribution in [0.15, 0.2) is 65.9 Å². The largest absolute Gasteiger partial charge is 0.472 e. The highest BCUT2D eigenvalue weighted by Gasteiger charge is 2.19. The van der Waals surface area contributed by atoms with Crippen molar-refractivity contribution in [1.82, 2.24) is 30.1 Å². The number of benzene rings is 1. The van der Waals surface area contributed by atoms with E-state index in [1.807, 2.05) is 26.0 Å². The summed E-state index contributed by atoms with van der Waals surface area (Å²) in [4.78, 5) is 16.6. The van der Waals surface area contributed by atoms with Crippen molar-refractivity contribution in [3.63, 3.8) is 0 Å². The molecule has 9 nitrogen and oxygen atoms in total. The van der Waals surface area contributed by atoms with Gasteiger partial charge in [-0.3, -0.25) is 10.1 Å². The number of furan rings is 1. The van der Waals surface area contributed by atoms with E-state index in [1.54, 1.807) is 43.2 Å². The van der Waals surface area contributed by atoms with E-state index in [1.165, 1.54) is 6.07 Å². The highest BCUT2D eigenvalue weighted by Crippen LogP contribution is 2.34. The number of aromatic amines is 2. The van der Waals surface area contributed by atoms with Gasteiger partial charge in [-0.2, -0.15) is 5.10 Å². The van der Waals surface area contributed by atoms with Crippen LogP contribution in [0.4, 0.5) is 10.1 Å². The van der Waals surface area contributed by atoms with Crippen molar-refractivity contribution in [3.05, 3.63) is 67.3 Å². The summed E-state index contributed by atoms with van der Waals surface area (Å²) in [5.74, 6) is 0.410. The molecule has 10 heteroatoms. The van der Waals surface area contributed by atoms with E-state index in [0.717, 1.165) is 16.6 Å². The van der Waals surface area contributed by atoms with Crippen molar-refractivity contribution in [2.75, 3.05) is 5.32 Å². The Hall–Kier alpha value is -4.57. The third-order valence-electron chi connectivity index (χ3n) is 6.18.